The van der Waals surface area contributed by atoms with Crippen molar-refractivity contribution in [2.45, 2.75) is 51.9 Å². The maximum atomic E-state index is 9.71. The highest BCUT2D eigenvalue weighted by Crippen LogP contribution is 2.38. The van der Waals surface area contributed by atoms with Crippen LogP contribution >= 0.6 is 0 Å². The number of hydrogen-bond acceptors (Lipinski definition) is 2. The van der Waals surface area contributed by atoms with Crippen LogP contribution in [-0.4, -0.2) is 28.4 Å². The molecule has 3 rings (SSSR count). The number of hydrogen-bond donors (Lipinski definition) is 3. The van der Waals surface area contributed by atoms with Gasteiger partial charge >= 0.3 is 0 Å². The first kappa shape index (κ1) is 19.7. The number of aliphatic hydroxyl groups excluding tert-OH is 2. The quantitative estimate of drug-likeness (QED) is 0.503. The predicted octanol–water partition coefficient (Wildman–Crippen LogP) is 5.37. The number of nitrogens with one attached hydrogen (secondary N) is 1. The lowest BCUT2D eigenvalue weighted by Gasteiger charge is -2.14. The van der Waals surface area contributed by atoms with Crippen LogP contribution in [0.5, 0.6) is 0 Å². The van der Waals surface area contributed by atoms with Gasteiger partial charge in [0.2, 0.25) is 0 Å². The Morgan fingerprint density at radius 2 is 1.74 bits per heavy atom. The molecule has 0 aliphatic carbocycles. The molecule has 0 aliphatic rings. The third-order valence-corrected chi connectivity index (χ3v) is 5.56. The first-order valence-corrected chi connectivity index (χ1v) is 10.1. The van der Waals surface area contributed by atoms with Crippen LogP contribution in [0.1, 0.15) is 62.3 Å². The molecule has 144 valence electrons. The Hall–Kier alpha value is -2.10. The molecule has 0 saturated heterocycles. The smallest absolute Gasteiger partial charge is 0.0538 e. The Balaban J connectivity index is 2.31. The van der Waals surface area contributed by atoms with E-state index < -0.39 is 0 Å². The minimum atomic E-state index is 0.127. The highest BCUT2D eigenvalue weighted by molar-refractivity contribution is 5.98. The van der Waals surface area contributed by atoms with Gasteiger partial charge in [-0.1, -0.05) is 51.1 Å². The molecule has 1 aromatic heterocycles. The van der Waals surface area contributed by atoms with Gasteiger partial charge in [-0.25, -0.2) is 0 Å². The van der Waals surface area contributed by atoms with Gasteiger partial charge in [0.25, 0.3) is 0 Å². The second-order valence-electron chi connectivity index (χ2n) is 7.62. The summed E-state index contributed by atoms with van der Waals surface area (Å²) in [7, 11) is 0. The summed E-state index contributed by atoms with van der Waals surface area (Å²) in [5.41, 5.74) is 7.23. The maximum absolute atomic E-state index is 9.71. The van der Waals surface area contributed by atoms with Crippen LogP contribution in [0.25, 0.3) is 22.0 Å². The number of benzene rings is 2. The van der Waals surface area contributed by atoms with Gasteiger partial charge < -0.3 is 15.2 Å². The molecule has 0 amide bonds. The lowest BCUT2D eigenvalue weighted by atomic mass is 9.91. The molecule has 0 fully saturated rings. The van der Waals surface area contributed by atoms with Gasteiger partial charge in [0, 0.05) is 35.8 Å². The lowest BCUT2D eigenvalue weighted by molar-refractivity contribution is 0.272. The summed E-state index contributed by atoms with van der Waals surface area (Å²) >= 11 is 0. The van der Waals surface area contributed by atoms with Gasteiger partial charge in [-0.15, -0.1) is 0 Å². The third-order valence-electron chi connectivity index (χ3n) is 5.56. The molecule has 0 bridgehead atoms. The molecule has 1 atom stereocenters. The van der Waals surface area contributed by atoms with Crippen LogP contribution in [0.2, 0.25) is 0 Å². The molecular weight excluding hydrogens is 334 g/mol. The van der Waals surface area contributed by atoms with Crippen LogP contribution in [0.15, 0.2) is 42.5 Å². The topological polar surface area (TPSA) is 56.2 Å². The summed E-state index contributed by atoms with van der Waals surface area (Å²) in [4.78, 5) is 3.70. The lowest BCUT2D eigenvalue weighted by Crippen LogP contribution is -2.05. The van der Waals surface area contributed by atoms with Gasteiger partial charge in [-0.2, -0.15) is 0 Å². The average Bonchev–Trinajstić information content (AvgIpc) is 3.04. The first-order chi connectivity index (χ1) is 13.1. The summed E-state index contributed by atoms with van der Waals surface area (Å²) in [6.45, 7) is 6.90. The fraction of sp³-hybridized carbons (Fsp3) is 0.417. The summed E-state index contributed by atoms with van der Waals surface area (Å²) in [6.07, 6.45) is 2.33. The third kappa shape index (κ3) is 3.95. The van der Waals surface area contributed by atoms with Crippen molar-refractivity contribution in [3.8, 4) is 11.1 Å². The van der Waals surface area contributed by atoms with Gasteiger partial charge in [0.15, 0.2) is 0 Å². The SMILES string of the molecule is CCC(CCO)c1[nH]c2c(-c3ccccc3)cc(C(C)C)cc2c1CCO. The summed E-state index contributed by atoms with van der Waals surface area (Å²) < 4.78 is 0. The highest BCUT2D eigenvalue weighted by Gasteiger charge is 2.21. The van der Waals surface area contributed by atoms with Crippen LogP contribution in [0.3, 0.4) is 0 Å². The van der Waals surface area contributed by atoms with Crippen molar-refractivity contribution in [1.29, 1.82) is 0 Å². The fourth-order valence-electron chi connectivity index (χ4n) is 4.01. The predicted molar refractivity (Wildman–Crippen MR) is 113 cm³/mol. The number of aliphatic hydroxyl groups is 2. The van der Waals surface area contributed by atoms with Gasteiger partial charge in [0.05, 0.1) is 5.52 Å². The first-order valence-electron chi connectivity index (χ1n) is 10.1. The monoisotopic (exact) mass is 365 g/mol. The van der Waals surface area contributed by atoms with E-state index in [-0.39, 0.29) is 19.1 Å². The van der Waals surface area contributed by atoms with E-state index >= 15 is 0 Å². The molecule has 0 aliphatic heterocycles. The highest BCUT2D eigenvalue weighted by atomic mass is 16.3. The number of fused-ring (bicyclic) bond motifs is 1. The Morgan fingerprint density at radius 3 is 2.33 bits per heavy atom. The molecule has 0 spiro atoms. The molecule has 2 aromatic carbocycles. The van der Waals surface area contributed by atoms with Crippen molar-refractivity contribution >= 4 is 10.9 Å². The Labute approximate surface area is 162 Å². The number of H-pyrrole nitrogens is 1. The zero-order valence-corrected chi connectivity index (χ0v) is 16.6. The summed E-state index contributed by atoms with van der Waals surface area (Å²) in [5, 5.41) is 20.4. The van der Waals surface area contributed by atoms with E-state index in [4.69, 9.17) is 0 Å². The largest absolute Gasteiger partial charge is 0.396 e. The second-order valence-corrected chi connectivity index (χ2v) is 7.62. The van der Waals surface area contributed by atoms with Crippen molar-refractivity contribution in [3.63, 3.8) is 0 Å². The molecule has 1 unspecified atom stereocenters. The summed E-state index contributed by atoms with van der Waals surface area (Å²) in [5.74, 6) is 0.701. The van der Waals surface area contributed by atoms with Crippen molar-refractivity contribution in [3.05, 3.63) is 59.3 Å². The number of aromatic amines is 1. The molecule has 1 heterocycles. The molecule has 0 saturated carbocycles. The van der Waals surface area contributed by atoms with Crippen LogP contribution < -0.4 is 0 Å². The zero-order valence-electron chi connectivity index (χ0n) is 16.6. The van der Waals surface area contributed by atoms with Crippen molar-refractivity contribution in [2.75, 3.05) is 13.2 Å². The van der Waals surface area contributed by atoms with E-state index in [1.54, 1.807) is 0 Å². The van der Waals surface area contributed by atoms with Crippen LogP contribution in [0.4, 0.5) is 0 Å². The van der Waals surface area contributed by atoms with Crippen LogP contribution in [-0.2, 0) is 6.42 Å². The Kier molecular flexibility index (Phi) is 6.35. The van der Waals surface area contributed by atoms with Gasteiger partial charge in [-0.3, -0.25) is 0 Å². The standard InChI is InChI=1S/C24H31NO2/c1-4-17(10-12-26)23-20(11-13-27)22-15-19(16(2)3)14-21(24(22)25-23)18-8-6-5-7-9-18/h5-9,14-17,25-27H,4,10-13H2,1-3H3. The minimum Gasteiger partial charge on any atom is -0.396 e. The van der Waals surface area contributed by atoms with E-state index in [0.717, 1.165) is 18.4 Å². The molecule has 3 heteroatoms. The van der Waals surface area contributed by atoms with Crippen molar-refractivity contribution in [1.82, 2.24) is 4.98 Å². The molecule has 27 heavy (non-hydrogen) atoms. The van der Waals surface area contributed by atoms with Gasteiger partial charge in [-0.05, 0) is 54.0 Å². The minimum absolute atomic E-state index is 0.127. The van der Waals surface area contributed by atoms with E-state index in [1.165, 1.54) is 33.3 Å². The fourth-order valence-corrected chi connectivity index (χ4v) is 4.01. The van der Waals surface area contributed by atoms with Crippen molar-refractivity contribution in [2.24, 2.45) is 0 Å². The summed E-state index contributed by atoms with van der Waals surface area (Å²) in [6, 6.07) is 15.1. The molecule has 3 N–H and O–H groups in total. The van der Waals surface area contributed by atoms with Gasteiger partial charge in [0.1, 0.15) is 0 Å². The molecule has 3 nitrogen and oxygen atoms in total. The maximum Gasteiger partial charge on any atom is 0.0538 e. The Bertz CT molecular complexity index is 880. The van der Waals surface area contributed by atoms with E-state index in [1.807, 2.05) is 6.07 Å². The molecule has 0 radical (unpaired) electrons. The Morgan fingerprint density at radius 1 is 1.00 bits per heavy atom. The number of aromatic nitrogens is 1. The number of rotatable bonds is 8. The normalized spacial score (nSPS) is 12.8. The van der Waals surface area contributed by atoms with E-state index in [0.29, 0.717) is 12.3 Å². The second kappa shape index (κ2) is 8.73. The molecule has 3 aromatic rings. The zero-order chi connectivity index (χ0) is 19.4. The molecular formula is C24H31NO2. The van der Waals surface area contributed by atoms with E-state index in [2.05, 4.69) is 62.2 Å². The van der Waals surface area contributed by atoms with Crippen LogP contribution in [0, 0.1) is 0 Å². The average molecular weight is 366 g/mol. The van der Waals surface area contributed by atoms with Crippen molar-refractivity contribution < 1.29 is 10.2 Å². The van der Waals surface area contributed by atoms with E-state index in [9.17, 15) is 10.2 Å².